The smallest absolute Gasteiger partial charge is 0.379 e. The fourth-order valence-electron chi connectivity index (χ4n) is 3.03. The molecule has 0 aliphatic heterocycles. The Morgan fingerprint density at radius 2 is 1.71 bits per heavy atom. The Labute approximate surface area is 177 Å². The Morgan fingerprint density at radius 3 is 2.45 bits per heavy atom. The lowest BCUT2D eigenvalue weighted by molar-refractivity contribution is 0.0476. The molecule has 0 spiro atoms. The van der Waals surface area contributed by atoms with Crippen LogP contribution in [-0.4, -0.2) is 29.3 Å². The average molecular weight is 415 g/mol. The Balaban J connectivity index is 1.40. The molecule has 0 aliphatic rings. The Hall–Kier alpha value is -4.26. The van der Waals surface area contributed by atoms with Crippen molar-refractivity contribution in [3.05, 3.63) is 95.6 Å². The summed E-state index contributed by atoms with van der Waals surface area (Å²) < 4.78 is 15.4. The summed E-state index contributed by atoms with van der Waals surface area (Å²) in [6.45, 7) is 1.37. The SMILES string of the molecule is Cc1cc(C(=O)OCC(=O)c2ccc(OC(=O)c3ccco3)cc2)c2ccccc2n1. The van der Waals surface area contributed by atoms with Gasteiger partial charge in [0.1, 0.15) is 5.75 Å². The van der Waals surface area contributed by atoms with Crippen molar-refractivity contribution >= 4 is 28.6 Å². The zero-order chi connectivity index (χ0) is 21.8. The first-order valence-corrected chi connectivity index (χ1v) is 9.44. The first-order valence-electron chi connectivity index (χ1n) is 9.44. The molecule has 0 atom stereocenters. The van der Waals surface area contributed by atoms with Crippen LogP contribution in [0, 0.1) is 6.92 Å². The van der Waals surface area contributed by atoms with E-state index >= 15 is 0 Å². The maximum absolute atomic E-state index is 12.6. The number of aromatic nitrogens is 1. The number of hydrogen-bond donors (Lipinski definition) is 0. The molecule has 4 rings (SSSR count). The first kappa shape index (κ1) is 20.0. The van der Waals surface area contributed by atoms with E-state index in [0.29, 0.717) is 27.7 Å². The summed E-state index contributed by atoms with van der Waals surface area (Å²) in [6, 6.07) is 17.9. The van der Waals surface area contributed by atoms with Gasteiger partial charge in [-0.3, -0.25) is 9.78 Å². The van der Waals surface area contributed by atoms with Gasteiger partial charge < -0.3 is 13.9 Å². The van der Waals surface area contributed by atoms with E-state index in [0.717, 1.165) is 0 Å². The number of ketones is 1. The van der Waals surface area contributed by atoms with E-state index < -0.39 is 18.5 Å². The van der Waals surface area contributed by atoms with Crippen molar-refractivity contribution in [1.29, 1.82) is 0 Å². The summed E-state index contributed by atoms with van der Waals surface area (Å²) in [5.41, 5.74) is 2.04. The van der Waals surface area contributed by atoms with E-state index in [1.165, 1.54) is 36.6 Å². The van der Waals surface area contributed by atoms with Gasteiger partial charge in [-0.15, -0.1) is 0 Å². The molecule has 0 radical (unpaired) electrons. The Morgan fingerprint density at radius 1 is 0.935 bits per heavy atom. The number of carbonyl (C=O) groups is 3. The third-order valence-corrected chi connectivity index (χ3v) is 4.51. The summed E-state index contributed by atoms with van der Waals surface area (Å²) in [5, 5.41) is 0.660. The van der Waals surface area contributed by atoms with Crippen LogP contribution in [0.4, 0.5) is 0 Å². The predicted molar refractivity (Wildman–Crippen MR) is 111 cm³/mol. The van der Waals surface area contributed by atoms with Gasteiger partial charge in [-0.05, 0) is 55.5 Å². The molecule has 154 valence electrons. The molecule has 0 saturated carbocycles. The number of nitrogens with zero attached hydrogens (tertiary/aromatic N) is 1. The Kier molecular flexibility index (Phi) is 5.57. The van der Waals surface area contributed by atoms with Gasteiger partial charge in [0, 0.05) is 16.6 Å². The lowest BCUT2D eigenvalue weighted by Gasteiger charge is -2.08. The normalized spacial score (nSPS) is 10.6. The van der Waals surface area contributed by atoms with Crippen molar-refractivity contribution in [1.82, 2.24) is 4.98 Å². The molecule has 0 N–H and O–H groups in total. The number of esters is 2. The second kappa shape index (κ2) is 8.62. The minimum absolute atomic E-state index is 0.0749. The second-order valence-electron chi connectivity index (χ2n) is 6.72. The van der Waals surface area contributed by atoms with Crippen LogP contribution in [0.5, 0.6) is 5.75 Å². The Bertz CT molecular complexity index is 1260. The molecule has 0 fully saturated rings. The molecule has 7 heteroatoms. The molecular formula is C24H17NO6. The summed E-state index contributed by atoms with van der Waals surface area (Å²) in [6.07, 6.45) is 1.37. The van der Waals surface area contributed by atoms with E-state index in [9.17, 15) is 14.4 Å². The minimum Gasteiger partial charge on any atom is -0.457 e. The van der Waals surface area contributed by atoms with Crippen molar-refractivity contribution in [3.8, 4) is 5.75 Å². The van der Waals surface area contributed by atoms with Crippen LogP contribution in [0.2, 0.25) is 0 Å². The number of Topliss-reactive ketones (excluding diaryl/α,β-unsaturated/α-hetero) is 1. The van der Waals surface area contributed by atoms with E-state index in [1.54, 1.807) is 25.1 Å². The lowest BCUT2D eigenvalue weighted by atomic mass is 10.1. The minimum atomic E-state index is -0.641. The number of pyridine rings is 1. The highest BCUT2D eigenvalue weighted by Gasteiger charge is 2.16. The van der Waals surface area contributed by atoms with Crippen LogP contribution in [0.15, 0.2) is 77.4 Å². The quantitative estimate of drug-likeness (QED) is 0.262. The average Bonchev–Trinajstić information content (AvgIpc) is 3.32. The third kappa shape index (κ3) is 4.51. The molecule has 2 heterocycles. The largest absolute Gasteiger partial charge is 0.457 e. The van der Waals surface area contributed by atoms with Crippen LogP contribution in [0.25, 0.3) is 10.9 Å². The maximum atomic E-state index is 12.6. The maximum Gasteiger partial charge on any atom is 0.379 e. The molecule has 0 aliphatic carbocycles. The highest BCUT2D eigenvalue weighted by Crippen LogP contribution is 2.20. The summed E-state index contributed by atoms with van der Waals surface area (Å²) in [7, 11) is 0. The molecule has 0 amide bonds. The zero-order valence-electron chi connectivity index (χ0n) is 16.5. The molecule has 4 aromatic rings. The fourth-order valence-corrected chi connectivity index (χ4v) is 3.03. The standard InChI is InChI=1S/C24H17NO6/c1-15-13-19(18-5-2-3-6-20(18)25-15)23(27)30-14-21(26)16-8-10-17(11-9-16)31-24(28)22-7-4-12-29-22/h2-13H,14H2,1H3. The van der Waals surface area contributed by atoms with Gasteiger partial charge in [-0.25, -0.2) is 9.59 Å². The highest BCUT2D eigenvalue weighted by atomic mass is 16.5. The first-order chi connectivity index (χ1) is 15.0. The molecule has 0 saturated heterocycles. The van der Waals surface area contributed by atoms with Gasteiger partial charge in [0.15, 0.2) is 12.4 Å². The van der Waals surface area contributed by atoms with Crippen LogP contribution in [0.1, 0.15) is 37.0 Å². The van der Waals surface area contributed by atoms with Crippen molar-refractivity contribution < 1.29 is 28.3 Å². The van der Waals surface area contributed by atoms with E-state index in [2.05, 4.69) is 4.98 Å². The molecule has 31 heavy (non-hydrogen) atoms. The molecule has 0 unspecified atom stereocenters. The lowest BCUT2D eigenvalue weighted by Crippen LogP contribution is -2.15. The fraction of sp³-hybridized carbons (Fsp3) is 0.0833. The number of fused-ring (bicyclic) bond motifs is 1. The van der Waals surface area contributed by atoms with Crippen molar-refractivity contribution in [2.45, 2.75) is 6.92 Å². The monoisotopic (exact) mass is 415 g/mol. The third-order valence-electron chi connectivity index (χ3n) is 4.51. The van der Waals surface area contributed by atoms with E-state index in [4.69, 9.17) is 13.9 Å². The van der Waals surface area contributed by atoms with Crippen LogP contribution in [-0.2, 0) is 4.74 Å². The highest BCUT2D eigenvalue weighted by molar-refractivity contribution is 6.05. The van der Waals surface area contributed by atoms with Crippen molar-refractivity contribution in [3.63, 3.8) is 0 Å². The number of rotatable bonds is 6. The molecule has 2 aromatic heterocycles. The number of aryl methyl sites for hydroxylation is 1. The predicted octanol–water partition coefficient (Wildman–Crippen LogP) is 4.40. The molecule has 0 bridgehead atoms. The number of para-hydroxylation sites is 1. The topological polar surface area (TPSA) is 95.7 Å². The van der Waals surface area contributed by atoms with Gasteiger partial charge in [0.2, 0.25) is 5.76 Å². The number of carbonyl (C=O) groups excluding carboxylic acids is 3. The van der Waals surface area contributed by atoms with E-state index in [-0.39, 0.29) is 17.3 Å². The van der Waals surface area contributed by atoms with Crippen LogP contribution >= 0.6 is 0 Å². The van der Waals surface area contributed by atoms with Gasteiger partial charge >= 0.3 is 11.9 Å². The number of ether oxygens (including phenoxy) is 2. The summed E-state index contributed by atoms with van der Waals surface area (Å²) >= 11 is 0. The van der Waals surface area contributed by atoms with Gasteiger partial charge in [-0.1, -0.05) is 18.2 Å². The van der Waals surface area contributed by atoms with Crippen molar-refractivity contribution in [2.75, 3.05) is 6.61 Å². The number of hydrogen-bond acceptors (Lipinski definition) is 7. The summed E-state index contributed by atoms with van der Waals surface area (Å²) in [5.74, 6) is -1.29. The van der Waals surface area contributed by atoms with Crippen LogP contribution < -0.4 is 4.74 Å². The number of furan rings is 1. The second-order valence-corrected chi connectivity index (χ2v) is 6.72. The van der Waals surface area contributed by atoms with Gasteiger partial charge in [-0.2, -0.15) is 0 Å². The molecule has 7 nitrogen and oxygen atoms in total. The molecule has 2 aromatic carbocycles. The van der Waals surface area contributed by atoms with Crippen molar-refractivity contribution in [2.24, 2.45) is 0 Å². The van der Waals surface area contributed by atoms with E-state index in [1.807, 2.05) is 18.2 Å². The summed E-state index contributed by atoms with van der Waals surface area (Å²) in [4.78, 5) is 41.3. The zero-order valence-corrected chi connectivity index (χ0v) is 16.5. The van der Waals surface area contributed by atoms with Crippen LogP contribution in [0.3, 0.4) is 0 Å². The number of benzene rings is 2. The van der Waals surface area contributed by atoms with Gasteiger partial charge in [0.25, 0.3) is 0 Å². The molecular weight excluding hydrogens is 398 g/mol. The van der Waals surface area contributed by atoms with Gasteiger partial charge in [0.05, 0.1) is 17.3 Å².